The lowest BCUT2D eigenvalue weighted by atomic mass is 9.85. The lowest BCUT2D eigenvalue weighted by molar-refractivity contribution is -0.147. The molecule has 0 saturated carbocycles. The molecule has 0 radical (unpaired) electrons. The van der Waals surface area contributed by atoms with Crippen molar-refractivity contribution in [1.82, 2.24) is 0 Å². The quantitative estimate of drug-likeness (QED) is 0.572. The zero-order valence-electron chi connectivity index (χ0n) is 9.28. The van der Waals surface area contributed by atoms with E-state index in [1.807, 2.05) is 0 Å². The van der Waals surface area contributed by atoms with E-state index in [9.17, 15) is 19.5 Å². The molecule has 1 aliphatic carbocycles. The number of aliphatic hydroxyl groups excluding tert-OH is 1. The van der Waals surface area contributed by atoms with Crippen molar-refractivity contribution in [3.05, 3.63) is 11.3 Å². The number of hydrogen-bond donors (Lipinski definition) is 1. The number of ether oxygens (including phenoxy) is 1. The molecule has 0 spiro atoms. The summed E-state index contributed by atoms with van der Waals surface area (Å²) in [6, 6.07) is 0. The zero-order valence-corrected chi connectivity index (χ0v) is 9.28. The number of ketones is 2. The van der Waals surface area contributed by atoms with Gasteiger partial charge in [-0.15, -0.1) is 0 Å². The van der Waals surface area contributed by atoms with E-state index in [2.05, 4.69) is 4.74 Å². The first-order valence-corrected chi connectivity index (χ1v) is 5.07. The smallest absolute Gasteiger partial charge is 0.309 e. The Morgan fingerprint density at radius 1 is 1.44 bits per heavy atom. The van der Waals surface area contributed by atoms with Crippen molar-refractivity contribution in [1.29, 1.82) is 0 Å². The molecule has 0 saturated heterocycles. The summed E-state index contributed by atoms with van der Waals surface area (Å²) in [5.41, 5.74) is -0.150. The van der Waals surface area contributed by atoms with Gasteiger partial charge in [0.15, 0.2) is 11.6 Å². The van der Waals surface area contributed by atoms with Crippen LogP contribution in [-0.2, 0) is 19.1 Å². The number of rotatable bonds is 3. The van der Waals surface area contributed by atoms with Crippen molar-refractivity contribution >= 4 is 17.5 Å². The molecule has 0 aromatic heterocycles. The fourth-order valence-electron chi connectivity index (χ4n) is 1.72. The molecule has 0 aliphatic heterocycles. The largest absolute Gasteiger partial charge is 0.511 e. The predicted molar refractivity (Wildman–Crippen MR) is 54.7 cm³/mol. The van der Waals surface area contributed by atoms with E-state index < -0.39 is 17.7 Å². The molecule has 0 aromatic carbocycles. The summed E-state index contributed by atoms with van der Waals surface area (Å²) in [6.45, 7) is 1.61. The van der Waals surface area contributed by atoms with E-state index >= 15 is 0 Å². The van der Waals surface area contributed by atoms with Gasteiger partial charge in [0.2, 0.25) is 0 Å². The molecular formula is C11H14O5. The Kier molecular flexibility index (Phi) is 3.82. The van der Waals surface area contributed by atoms with Crippen LogP contribution in [0.1, 0.15) is 26.2 Å². The molecule has 1 aliphatic rings. The number of esters is 1. The van der Waals surface area contributed by atoms with E-state index in [0.29, 0.717) is 0 Å². The molecule has 5 heteroatoms. The Morgan fingerprint density at radius 3 is 2.50 bits per heavy atom. The molecular weight excluding hydrogens is 212 g/mol. The lowest BCUT2D eigenvalue weighted by Gasteiger charge is -2.20. The van der Waals surface area contributed by atoms with Crippen LogP contribution in [-0.4, -0.2) is 29.8 Å². The molecule has 5 nitrogen and oxygen atoms in total. The standard InChI is InChI=1S/C11H14O5/c1-3-7(12)10-8(13)4-6(5-9(10)14)11(15)16-2/h6,13H,3-5H2,1-2H3. The third kappa shape index (κ3) is 2.29. The van der Waals surface area contributed by atoms with Gasteiger partial charge >= 0.3 is 5.97 Å². The van der Waals surface area contributed by atoms with E-state index in [1.54, 1.807) is 6.92 Å². The van der Waals surface area contributed by atoms with E-state index in [-0.39, 0.29) is 36.4 Å². The molecule has 16 heavy (non-hydrogen) atoms. The van der Waals surface area contributed by atoms with Crippen molar-refractivity contribution < 1.29 is 24.2 Å². The van der Waals surface area contributed by atoms with Gasteiger partial charge in [-0.05, 0) is 0 Å². The maximum Gasteiger partial charge on any atom is 0.309 e. The Labute approximate surface area is 93.1 Å². The number of carbonyl (C=O) groups excluding carboxylic acids is 3. The summed E-state index contributed by atoms with van der Waals surface area (Å²) in [5.74, 6) is -2.37. The SMILES string of the molecule is CCC(=O)C1=C(O)CC(C(=O)OC)CC1=O. The summed E-state index contributed by atoms with van der Waals surface area (Å²) in [4.78, 5) is 34.2. The molecule has 0 aromatic rings. The second-order valence-electron chi connectivity index (χ2n) is 3.65. The molecule has 1 N–H and O–H groups in total. The fraction of sp³-hybridized carbons (Fsp3) is 0.545. The molecule has 0 fully saturated rings. The number of allylic oxidation sites excluding steroid dienone is 2. The van der Waals surface area contributed by atoms with E-state index in [4.69, 9.17) is 0 Å². The van der Waals surface area contributed by atoms with Crippen LogP contribution in [0, 0.1) is 5.92 Å². The average Bonchev–Trinajstić information content (AvgIpc) is 2.26. The van der Waals surface area contributed by atoms with Crippen LogP contribution < -0.4 is 0 Å². The van der Waals surface area contributed by atoms with Gasteiger partial charge in [0.25, 0.3) is 0 Å². The first-order valence-electron chi connectivity index (χ1n) is 5.07. The second-order valence-corrected chi connectivity index (χ2v) is 3.65. The first kappa shape index (κ1) is 12.4. The molecule has 0 amide bonds. The minimum absolute atomic E-state index is 0.000509. The average molecular weight is 226 g/mol. The predicted octanol–water partition coefficient (Wildman–Crippen LogP) is 0.930. The Balaban J connectivity index is 2.94. The highest BCUT2D eigenvalue weighted by Gasteiger charge is 2.34. The highest BCUT2D eigenvalue weighted by molar-refractivity contribution is 6.21. The third-order valence-corrected chi connectivity index (χ3v) is 2.57. The van der Waals surface area contributed by atoms with Gasteiger partial charge in [-0.2, -0.15) is 0 Å². The number of hydrogen-bond acceptors (Lipinski definition) is 5. The Bertz CT molecular complexity index is 367. The van der Waals surface area contributed by atoms with Crippen molar-refractivity contribution in [3.8, 4) is 0 Å². The van der Waals surface area contributed by atoms with Crippen molar-refractivity contribution in [2.24, 2.45) is 5.92 Å². The van der Waals surface area contributed by atoms with Crippen molar-refractivity contribution in [2.75, 3.05) is 7.11 Å². The molecule has 88 valence electrons. The minimum atomic E-state index is -0.675. The van der Waals surface area contributed by atoms with Crippen molar-refractivity contribution in [2.45, 2.75) is 26.2 Å². The van der Waals surface area contributed by atoms with Crippen LogP contribution in [0.3, 0.4) is 0 Å². The van der Waals surface area contributed by atoms with Crippen LogP contribution in [0.2, 0.25) is 0 Å². The first-order chi connectivity index (χ1) is 7.51. The van der Waals surface area contributed by atoms with Gasteiger partial charge in [-0.25, -0.2) is 0 Å². The Hall–Kier alpha value is -1.65. The van der Waals surface area contributed by atoms with Gasteiger partial charge in [-0.3, -0.25) is 14.4 Å². The van der Waals surface area contributed by atoms with Crippen LogP contribution in [0.15, 0.2) is 11.3 Å². The monoisotopic (exact) mass is 226 g/mol. The van der Waals surface area contributed by atoms with Crippen LogP contribution in [0.25, 0.3) is 0 Å². The van der Waals surface area contributed by atoms with Crippen LogP contribution >= 0.6 is 0 Å². The molecule has 0 heterocycles. The topological polar surface area (TPSA) is 80.7 Å². The lowest BCUT2D eigenvalue weighted by Crippen LogP contribution is -2.29. The molecule has 1 unspecified atom stereocenters. The maximum absolute atomic E-state index is 11.6. The normalized spacial score (nSPS) is 20.9. The van der Waals surface area contributed by atoms with Crippen LogP contribution in [0.5, 0.6) is 0 Å². The molecule has 0 bridgehead atoms. The highest BCUT2D eigenvalue weighted by atomic mass is 16.5. The molecule has 1 rings (SSSR count). The fourth-order valence-corrected chi connectivity index (χ4v) is 1.72. The minimum Gasteiger partial charge on any atom is -0.511 e. The van der Waals surface area contributed by atoms with Crippen molar-refractivity contribution in [3.63, 3.8) is 0 Å². The van der Waals surface area contributed by atoms with Crippen LogP contribution in [0.4, 0.5) is 0 Å². The summed E-state index contributed by atoms with van der Waals surface area (Å²) < 4.78 is 4.50. The third-order valence-electron chi connectivity index (χ3n) is 2.57. The number of carbonyl (C=O) groups is 3. The van der Waals surface area contributed by atoms with Gasteiger partial charge in [0, 0.05) is 19.3 Å². The van der Waals surface area contributed by atoms with Gasteiger partial charge in [-0.1, -0.05) is 6.92 Å². The summed E-state index contributed by atoms with van der Waals surface area (Å²) in [7, 11) is 1.22. The summed E-state index contributed by atoms with van der Waals surface area (Å²) in [5, 5.41) is 9.59. The number of methoxy groups -OCH3 is 1. The van der Waals surface area contributed by atoms with Gasteiger partial charge < -0.3 is 9.84 Å². The second kappa shape index (κ2) is 4.92. The zero-order chi connectivity index (χ0) is 12.3. The Morgan fingerprint density at radius 2 is 2.06 bits per heavy atom. The number of aliphatic hydroxyl groups is 1. The molecule has 1 atom stereocenters. The summed E-state index contributed by atoms with van der Waals surface area (Å²) in [6.07, 6.45) is 0.0886. The maximum atomic E-state index is 11.6. The summed E-state index contributed by atoms with van der Waals surface area (Å²) >= 11 is 0. The van der Waals surface area contributed by atoms with Gasteiger partial charge in [0.05, 0.1) is 18.6 Å². The van der Waals surface area contributed by atoms with Gasteiger partial charge in [0.1, 0.15) is 5.76 Å². The highest BCUT2D eigenvalue weighted by Crippen LogP contribution is 2.27. The van der Waals surface area contributed by atoms with E-state index in [1.165, 1.54) is 7.11 Å². The number of Topliss-reactive ketones (excluding diaryl/α,β-unsaturated/α-hetero) is 2. The van der Waals surface area contributed by atoms with E-state index in [0.717, 1.165) is 0 Å².